The standard InChI is InChI=1S/C24H33N3O5/c1-23(2,3)32-22(28)26-19(16-8-10-24(11-9-16)30-12-13-31-24)14-17-6-5-7-18-21(17)27-20(29-4)15-25-18/h5-7,15-16,19H,8-14H2,1-4H3,(H,26,28). The number of fused-ring (bicyclic) bond motifs is 1. The molecule has 32 heavy (non-hydrogen) atoms. The Morgan fingerprint density at radius 2 is 1.97 bits per heavy atom. The third kappa shape index (κ3) is 5.30. The Hall–Kier alpha value is -2.45. The van der Waals surface area contributed by atoms with Crippen LogP contribution < -0.4 is 10.1 Å². The predicted octanol–water partition coefficient (Wildman–Crippen LogP) is 4.01. The zero-order valence-corrected chi connectivity index (χ0v) is 19.3. The van der Waals surface area contributed by atoms with Crippen LogP contribution in [0.15, 0.2) is 24.4 Å². The van der Waals surface area contributed by atoms with Gasteiger partial charge >= 0.3 is 6.09 Å². The van der Waals surface area contributed by atoms with E-state index in [4.69, 9.17) is 18.9 Å². The van der Waals surface area contributed by atoms with Gasteiger partial charge in [0.1, 0.15) is 5.60 Å². The van der Waals surface area contributed by atoms with Crippen LogP contribution in [0.2, 0.25) is 0 Å². The molecule has 8 nitrogen and oxygen atoms in total. The summed E-state index contributed by atoms with van der Waals surface area (Å²) in [5.41, 5.74) is 2.05. The van der Waals surface area contributed by atoms with Gasteiger partial charge in [-0.1, -0.05) is 12.1 Å². The largest absolute Gasteiger partial charge is 0.480 e. The fraction of sp³-hybridized carbons (Fsp3) is 0.625. The molecule has 1 saturated carbocycles. The van der Waals surface area contributed by atoms with Crippen LogP contribution >= 0.6 is 0 Å². The second-order valence-corrected chi connectivity index (χ2v) is 9.60. The predicted molar refractivity (Wildman–Crippen MR) is 120 cm³/mol. The second kappa shape index (κ2) is 9.19. The third-order valence-electron chi connectivity index (χ3n) is 6.16. The second-order valence-electron chi connectivity index (χ2n) is 9.60. The Labute approximate surface area is 189 Å². The van der Waals surface area contributed by atoms with Crippen molar-refractivity contribution in [3.05, 3.63) is 30.0 Å². The molecule has 2 fully saturated rings. The van der Waals surface area contributed by atoms with Crippen molar-refractivity contribution in [3.63, 3.8) is 0 Å². The first-order chi connectivity index (χ1) is 15.3. The van der Waals surface area contributed by atoms with Crippen molar-refractivity contribution >= 4 is 17.1 Å². The summed E-state index contributed by atoms with van der Waals surface area (Å²) in [6.07, 6.45) is 5.30. The highest BCUT2D eigenvalue weighted by Crippen LogP contribution is 2.40. The Kier molecular flexibility index (Phi) is 6.53. The number of hydrogen-bond acceptors (Lipinski definition) is 7. The Morgan fingerprint density at radius 3 is 2.62 bits per heavy atom. The number of ether oxygens (including phenoxy) is 4. The number of methoxy groups -OCH3 is 1. The van der Waals surface area contributed by atoms with Gasteiger partial charge in [-0.15, -0.1) is 0 Å². The summed E-state index contributed by atoms with van der Waals surface area (Å²) in [4.78, 5) is 21.8. The summed E-state index contributed by atoms with van der Waals surface area (Å²) < 4.78 is 22.6. The smallest absolute Gasteiger partial charge is 0.407 e. The summed E-state index contributed by atoms with van der Waals surface area (Å²) in [5, 5.41) is 3.14. The molecule has 0 bridgehead atoms. The van der Waals surface area contributed by atoms with Crippen LogP contribution in [0.1, 0.15) is 52.0 Å². The molecule has 1 atom stereocenters. The third-order valence-corrected chi connectivity index (χ3v) is 6.16. The highest BCUT2D eigenvalue weighted by atomic mass is 16.7. The number of para-hydroxylation sites is 1. The molecule has 1 unspecified atom stereocenters. The van der Waals surface area contributed by atoms with E-state index >= 15 is 0 Å². The fourth-order valence-corrected chi connectivity index (χ4v) is 4.64. The van der Waals surface area contributed by atoms with E-state index in [0.717, 1.165) is 42.3 Å². The van der Waals surface area contributed by atoms with Gasteiger partial charge in [-0.25, -0.2) is 14.8 Å². The lowest BCUT2D eigenvalue weighted by atomic mass is 9.79. The van der Waals surface area contributed by atoms with E-state index in [1.807, 2.05) is 39.0 Å². The van der Waals surface area contributed by atoms with Gasteiger partial charge in [0.15, 0.2) is 5.79 Å². The van der Waals surface area contributed by atoms with Crippen LogP contribution in [0.25, 0.3) is 11.0 Å². The molecule has 8 heteroatoms. The Balaban J connectivity index is 1.56. The van der Waals surface area contributed by atoms with E-state index in [2.05, 4.69) is 15.3 Å². The summed E-state index contributed by atoms with van der Waals surface area (Å²) in [7, 11) is 1.58. The molecule has 1 saturated heterocycles. The van der Waals surface area contributed by atoms with E-state index < -0.39 is 17.5 Å². The van der Waals surface area contributed by atoms with Gasteiger partial charge in [-0.05, 0) is 57.6 Å². The van der Waals surface area contributed by atoms with Gasteiger partial charge in [0.25, 0.3) is 0 Å². The first-order valence-corrected chi connectivity index (χ1v) is 11.3. The summed E-state index contributed by atoms with van der Waals surface area (Å²) >= 11 is 0. The van der Waals surface area contributed by atoms with Crippen molar-refractivity contribution < 1.29 is 23.7 Å². The SMILES string of the molecule is COc1cnc2cccc(CC(NC(=O)OC(C)(C)C)C3CCC4(CC3)OCCO4)c2n1. The van der Waals surface area contributed by atoms with E-state index in [0.29, 0.717) is 25.5 Å². The molecule has 2 aromatic rings. The van der Waals surface area contributed by atoms with Gasteiger partial charge in [0.05, 0.1) is 37.6 Å². The van der Waals surface area contributed by atoms with Gasteiger partial charge in [-0.2, -0.15) is 0 Å². The molecule has 1 spiro atoms. The lowest BCUT2D eigenvalue weighted by molar-refractivity contribution is -0.183. The molecule has 1 N–H and O–H groups in total. The zero-order chi connectivity index (χ0) is 22.8. The number of carbonyl (C=O) groups excluding carboxylic acids is 1. The summed E-state index contributed by atoms with van der Waals surface area (Å²) in [6, 6.07) is 5.83. The molecular formula is C24H33N3O5. The van der Waals surface area contributed by atoms with Gasteiger partial charge in [0.2, 0.25) is 5.88 Å². The van der Waals surface area contributed by atoms with E-state index in [9.17, 15) is 4.79 Å². The topological polar surface area (TPSA) is 91.8 Å². The lowest BCUT2D eigenvalue weighted by Crippen LogP contribution is -2.47. The summed E-state index contributed by atoms with van der Waals surface area (Å²) in [6.45, 7) is 6.91. The first-order valence-electron chi connectivity index (χ1n) is 11.3. The normalized spacial score (nSPS) is 19.8. The molecule has 1 aromatic heterocycles. The average molecular weight is 444 g/mol. The molecule has 0 radical (unpaired) electrons. The average Bonchev–Trinajstić information content (AvgIpc) is 3.20. The minimum absolute atomic E-state index is 0.109. The van der Waals surface area contributed by atoms with Gasteiger partial charge in [0, 0.05) is 18.9 Å². The zero-order valence-electron chi connectivity index (χ0n) is 19.3. The van der Waals surface area contributed by atoms with Crippen LogP contribution in [0.4, 0.5) is 4.79 Å². The molecule has 1 amide bonds. The highest BCUT2D eigenvalue weighted by molar-refractivity contribution is 5.78. The monoisotopic (exact) mass is 443 g/mol. The van der Waals surface area contributed by atoms with Crippen molar-refractivity contribution in [1.29, 1.82) is 0 Å². The quantitative estimate of drug-likeness (QED) is 0.746. The van der Waals surface area contributed by atoms with Crippen molar-refractivity contribution in [2.24, 2.45) is 5.92 Å². The molecule has 1 aliphatic heterocycles. The number of hydrogen-bond donors (Lipinski definition) is 1. The number of aromatic nitrogens is 2. The molecular weight excluding hydrogens is 410 g/mol. The van der Waals surface area contributed by atoms with Crippen LogP contribution in [0.5, 0.6) is 5.88 Å². The van der Waals surface area contributed by atoms with Crippen molar-refractivity contribution in [2.45, 2.75) is 70.3 Å². The van der Waals surface area contributed by atoms with Crippen LogP contribution in [0, 0.1) is 5.92 Å². The first kappa shape index (κ1) is 22.7. The maximum absolute atomic E-state index is 12.7. The number of nitrogens with zero attached hydrogens (tertiary/aromatic N) is 2. The minimum atomic E-state index is -0.560. The summed E-state index contributed by atoms with van der Waals surface area (Å²) in [5.74, 6) is 0.303. The van der Waals surface area contributed by atoms with Crippen molar-refractivity contribution in [3.8, 4) is 5.88 Å². The minimum Gasteiger partial charge on any atom is -0.480 e. The maximum Gasteiger partial charge on any atom is 0.407 e. The van der Waals surface area contributed by atoms with Gasteiger partial charge in [-0.3, -0.25) is 0 Å². The van der Waals surface area contributed by atoms with Gasteiger partial charge < -0.3 is 24.3 Å². The highest BCUT2D eigenvalue weighted by Gasteiger charge is 2.42. The Morgan fingerprint density at radius 1 is 1.25 bits per heavy atom. The van der Waals surface area contributed by atoms with Crippen LogP contribution in [-0.2, 0) is 20.6 Å². The number of benzene rings is 1. The molecule has 2 aliphatic rings. The molecule has 2 heterocycles. The Bertz CT molecular complexity index is 942. The number of alkyl carbamates (subject to hydrolysis) is 1. The number of amides is 1. The van der Waals surface area contributed by atoms with E-state index in [1.54, 1.807) is 13.3 Å². The van der Waals surface area contributed by atoms with Crippen LogP contribution in [0.3, 0.4) is 0 Å². The lowest BCUT2D eigenvalue weighted by Gasteiger charge is -2.39. The molecule has 4 rings (SSSR count). The van der Waals surface area contributed by atoms with Crippen molar-refractivity contribution in [1.82, 2.24) is 15.3 Å². The molecule has 174 valence electrons. The number of nitrogens with one attached hydrogen (secondary N) is 1. The van der Waals surface area contributed by atoms with Crippen molar-refractivity contribution in [2.75, 3.05) is 20.3 Å². The molecule has 1 aromatic carbocycles. The maximum atomic E-state index is 12.7. The van der Waals surface area contributed by atoms with Crippen LogP contribution in [-0.4, -0.2) is 53.8 Å². The number of carbonyl (C=O) groups is 1. The van der Waals surface area contributed by atoms with E-state index in [-0.39, 0.29) is 12.0 Å². The number of rotatable bonds is 5. The fourth-order valence-electron chi connectivity index (χ4n) is 4.64. The molecule has 1 aliphatic carbocycles. The van der Waals surface area contributed by atoms with E-state index in [1.165, 1.54) is 0 Å².